The molecule has 2 rings (SSSR count). The summed E-state index contributed by atoms with van der Waals surface area (Å²) in [6.07, 6.45) is 2.42. The van der Waals surface area contributed by atoms with E-state index < -0.39 is 0 Å². The number of hydrogen-bond acceptors (Lipinski definition) is 4. The Labute approximate surface area is 100 Å². The van der Waals surface area contributed by atoms with Crippen LogP contribution in [0.25, 0.3) is 11.5 Å². The molecule has 90 valence electrons. The van der Waals surface area contributed by atoms with E-state index in [1.807, 2.05) is 31.2 Å². The number of aromatic nitrogens is 1. The van der Waals surface area contributed by atoms with Gasteiger partial charge in [0.1, 0.15) is 11.5 Å². The minimum atomic E-state index is 0.0756. The van der Waals surface area contributed by atoms with Gasteiger partial charge in [-0.05, 0) is 31.2 Å². The second-order valence-electron chi connectivity index (χ2n) is 4.04. The van der Waals surface area contributed by atoms with E-state index in [4.69, 9.17) is 14.9 Å². The fourth-order valence-corrected chi connectivity index (χ4v) is 1.59. The van der Waals surface area contributed by atoms with Crippen LogP contribution in [0.15, 0.2) is 34.9 Å². The molecule has 0 aliphatic carbocycles. The van der Waals surface area contributed by atoms with Crippen LogP contribution < -0.4 is 10.5 Å². The van der Waals surface area contributed by atoms with Gasteiger partial charge in [-0.3, -0.25) is 0 Å². The summed E-state index contributed by atoms with van der Waals surface area (Å²) in [6.45, 7) is 1.94. The lowest BCUT2D eigenvalue weighted by Gasteiger charge is -2.01. The quantitative estimate of drug-likeness (QED) is 0.878. The average molecular weight is 232 g/mol. The summed E-state index contributed by atoms with van der Waals surface area (Å²) in [5.74, 6) is 2.24. The molecule has 0 aliphatic heterocycles. The lowest BCUT2D eigenvalue weighted by atomic mass is 10.2. The molecule has 1 unspecified atom stereocenters. The number of oxazole rings is 1. The number of benzene rings is 1. The molecule has 0 saturated carbocycles. The predicted octanol–water partition coefficient (Wildman–Crippen LogP) is 2.24. The molecule has 0 radical (unpaired) electrons. The van der Waals surface area contributed by atoms with Crippen LogP contribution in [0.2, 0.25) is 0 Å². The normalized spacial score (nSPS) is 12.4. The van der Waals surface area contributed by atoms with Gasteiger partial charge in [-0.1, -0.05) is 0 Å². The van der Waals surface area contributed by atoms with Gasteiger partial charge in [0.05, 0.1) is 13.3 Å². The molecule has 0 saturated heterocycles. The van der Waals surface area contributed by atoms with Crippen molar-refractivity contribution in [2.75, 3.05) is 7.11 Å². The lowest BCUT2D eigenvalue weighted by molar-refractivity contribution is 0.415. The van der Waals surface area contributed by atoms with E-state index in [1.54, 1.807) is 13.3 Å². The van der Waals surface area contributed by atoms with Crippen LogP contribution in [0.1, 0.15) is 12.7 Å². The molecule has 0 spiro atoms. The van der Waals surface area contributed by atoms with Crippen molar-refractivity contribution in [3.8, 4) is 17.2 Å². The molecule has 4 nitrogen and oxygen atoms in total. The Balaban J connectivity index is 2.18. The maximum absolute atomic E-state index is 5.71. The molecule has 1 heterocycles. The summed E-state index contributed by atoms with van der Waals surface area (Å²) in [4.78, 5) is 4.23. The summed E-state index contributed by atoms with van der Waals surface area (Å²) < 4.78 is 10.7. The maximum Gasteiger partial charge on any atom is 0.226 e. The van der Waals surface area contributed by atoms with Crippen molar-refractivity contribution in [3.63, 3.8) is 0 Å². The van der Waals surface area contributed by atoms with Gasteiger partial charge >= 0.3 is 0 Å². The van der Waals surface area contributed by atoms with Crippen molar-refractivity contribution in [2.24, 2.45) is 5.73 Å². The molecular formula is C13H16N2O2. The van der Waals surface area contributed by atoms with Crippen LogP contribution in [0, 0.1) is 0 Å². The fourth-order valence-electron chi connectivity index (χ4n) is 1.59. The van der Waals surface area contributed by atoms with E-state index in [-0.39, 0.29) is 6.04 Å². The largest absolute Gasteiger partial charge is 0.497 e. The van der Waals surface area contributed by atoms with E-state index in [0.29, 0.717) is 12.3 Å². The van der Waals surface area contributed by atoms with Crippen molar-refractivity contribution < 1.29 is 9.15 Å². The first kappa shape index (κ1) is 11.7. The van der Waals surface area contributed by atoms with Crippen LogP contribution in [0.4, 0.5) is 0 Å². The highest BCUT2D eigenvalue weighted by atomic mass is 16.5. The van der Waals surface area contributed by atoms with Gasteiger partial charge in [-0.2, -0.15) is 0 Å². The Hall–Kier alpha value is -1.81. The Morgan fingerprint density at radius 1 is 1.35 bits per heavy atom. The number of nitrogens with zero attached hydrogens (tertiary/aromatic N) is 1. The first-order valence-corrected chi connectivity index (χ1v) is 5.53. The zero-order valence-electron chi connectivity index (χ0n) is 10.0. The minimum Gasteiger partial charge on any atom is -0.497 e. The third kappa shape index (κ3) is 2.85. The number of methoxy groups -OCH3 is 1. The molecule has 0 amide bonds. The highest BCUT2D eigenvalue weighted by Crippen LogP contribution is 2.22. The Bertz CT molecular complexity index is 474. The molecule has 0 fully saturated rings. The maximum atomic E-state index is 5.71. The third-order valence-corrected chi connectivity index (χ3v) is 2.41. The average Bonchev–Trinajstić information content (AvgIpc) is 2.77. The Kier molecular flexibility index (Phi) is 3.44. The minimum absolute atomic E-state index is 0.0756. The smallest absolute Gasteiger partial charge is 0.226 e. The van der Waals surface area contributed by atoms with Crippen LogP contribution in [0.3, 0.4) is 0 Å². The lowest BCUT2D eigenvalue weighted by Crippen LogP contribution is -2.17. The number of ether oxygens (including phenoxy) is 1. The summed E-state index contributed by atoms with van der Waals surface area (Å²) in [5.41, 5.74) is 6.64. The fraction of sp³-hybridized carbons (Fsp3) is 0.308. The molecule has 1 aromatic carbocycles. The highest BCUT2D eigenvalue weighted by molar-refractivity contribution is 5.54. The molecule has 17 heavy (non-hydrogen) atoms. The van der Waals surface area contributed by atoms with Gasteiger partial charge in [0.2, 0.25) is 5.89 Å². The molecule has 2 N–H and O–H groups in total. The van der Waals surface area contributed by atoms with E-state index in [1.165, 1.54) is 0 Å². The molecule has 4 heteroatoms. The van der Waals surface area contributed by atoms with Gasteiger partial charge < -0.3 is 14.9 Å². The Morgan fingerprint density at radius 2 is 2.06 bits per heavy atom. The van der Waals surface area contributed by atoms with E-state index in [2.05, 4.69) is 4.98 Å². The standard InChI is InChI=1S/C13H16N2O2/c1-9(14)7-12-8-15-13(17-12)10-3-5-11(16-2)6-4-10/h3-6,8-9H,7,14H2,1-2H3. The topological polar surface area (TPSA) is 61.3 Å². The molecule has 1 aromatic heterocycles. The van der Waals surface area contributed by atoms with Crippen LogP contribution in [0.5, 0.6) is 5.75 Å². The van der Waals surface area contributed by atoms with Gasteiger partial charge in [-0.15, -0.1) is 0 Å². The van der Waals surface area contributed by atoms with Gasteiger partial charge in [-0.25, -0.2) is 4.98 Å². The zero-order valence-corrected chi connectivity index (χ0v) is 10.0. The van der Waals surface area contributed by atoms with Crippen LogP contribution in [-0.4, -0.2) is 18.1 Å². The summed E-state index contributed by atoms with van der Waals surface area (Å²) in [5, 5.41) is 0. The van der Waals surface area contributed by atoms with Crippen molar-refractivity contribution in [2.45, 2.75) is 19.4 Å². The highest BCUT2D eigenvalue weighted by Gasteiger charge is 2.08. The first-order valence-electron chi connectivity index (χ1n) is 5.53. The first-order chi connectivity index (χ1) is 8.19. The Morgan fingerprint density at radius 3 is 2.65 bits per heavy atom. The van der Waals surface area contributed by atoms with E-state index in [0.717, 1.165) is 17.1 Å². The molecule has 0 aliphatic rings. The van der Waals surface area contributed by atoms with Crippen molar-refractivity contribution in [1.82, 2.24) is 4.98 Å². The van der Waals surface area contributed by atoms with Crippen LogP contribution in [-0.2, 0) is 6.42 Å². The predicted molar refractivity (Wildman–Crippen MR) is 65.8 cm³/mol. The summed E-state index contributed by atoms with van der Waals surface area (Å²) in [6, 6.07) is 7.67. The zero-order chi connectivity index (χ0) is 12.3. The van der Waals surface area contributed by atoms with Gasteiger partial charge in [0, 0.05) is 18.0 Å². The second kappa shape index (κ2) is 5.01. The summed E-state index contributed by atoms with van der Waals surface area (Å²) in [7, 11) is 1.64. The molecular weight excluding hydrogens is 216 g/mol. The molecule has 0 bridgehead atoms. The monoisotopic (exact) mass is 232 g/mol. The van der Waals surface area contributed by atoms with E-state index >= 15 is 0 Å². The van der Waals surface area contributed by atoms with Crippen molar-refractivity contribution >= 4 is 0 Å². The van der Waals surface area contributed by atoms with E-state index in [9.17, 15) is 0 Å². The number of rotatable bonds is 4. The van der Waals surface area contributed by atoms with Crippen LogP contribution >= 0.6 is 0 Å². The van der Waals surface area contributed by atoms with Gasteiger partial charge in [0.15, 0.2) is 0 Å². The summed E-state index contributed by atoms with van der Waals surface area (Å²) >= 11 is 0. The van der Waals surface area contributed by atoms with Gasteiger partial charge in [0.25, 0.3) is 0 Å². The molecule has 2 aromatic rings. The molecule has 1 atom stereocenters. The third-order valence-electron chi connectivity index (χ3n) is 2.41. The van der Waals surface area contributed by atoms with Crippen molar-refractivity contribution in [1.29, 1.82) is 0 Å². The SMILES string of the molecule is COc1ccc(-c2ncc(CC(C)N)o2)cc1. The number of nitrogens with two attached hydrogens (primary N) is 1. The number of hydrogen-bond donors (Lipinski definition) is 1. The van der Waals surface area contributed by atoms with Crippen molar-refractivity contribution in [3.05, 3.63) is 36.2 Å². The second-order valence-corrected chi connectivity index (χ2v) is 4.04.